The number of allylic oxidation sites excluding steroid dienone is 2. The Labute approximate surface area is 182 Å². The molecule has 0 bridgehead atoms. The molecule has 0 saturated heterocycles. The monoisotopic (exact) mass is 411 g/mol. The van der Waals surface area contributed by atoms with Crippen LogP contribution in [0.2, 0.25) is 0 Å². The first-order valence-corrected chi connectivity index (χ1v) is 12.0. The minimum absolute atomic E-state index is 0.923. The van der Waals surface area contributed by atoms with Gasteiger partial charge in [-0.15, -0.1) is 0 Å². The molecule has 2 aromatic rings. The lowest BCUT2D eigenvalue weighted by molar-refractivity contribution is 0.125. The van der Waals surface area contributed by atoms with Crippen molar-refractivity contribution in [3.63, 3.8) is 0 Å². The fourth-order valence-electron chi connectivity index (χ4n) is 3.75. The van der Waals surface area contributed by atoms with Crippen LogP contribution in [-0.4, -0.2) is 27.7 Å². The van der Waals surface area contributed by atoms with Crippen LogP contribution in [0.4, 0.5) is 0 Å². The molecule has 0 atom stereocenters. The molecule has 0 aliphatic heterocycles. The summed E-state index contributed by atoms with van der Waals surface area (Å²) in [6.45, 7) is 11.4. The Morgan fingerprint density at radius 3 is 2.30 bits per heavy atom. The molecule has 4 heteroatoms. The summed E-state index contributed by atoms with van der Waals surface area (Å²) in [6.07, 6.45) is 23.9. The van der Waals surface area contributed by atoms with Crippen molar-refractivity contribution < 1.29 is 4.74 Å². The van der Waals surface area contributed by atoms with E-state index in [0.29, 0.717) is 0 Å². The van der Waals surface area contributed by atoms with Gasteiger partial charge in [-0.2, -0.15) is 0 Å². The topological polar surface area (TPSA) is 39.9 Å². The van der Waals surface area contributed by atoms with Crippen molar-refractivity contribution >= 4 is 23.7 Å². The molecule has 0 unspecified atom stereocenters. The second kappa shape index (κ2) is 15.0. The third kappa shape index (κ3) is 8.43. The second-order valence-electron chi connectivity index (χ2n) is 8.13. The average molecular weight is 412 g/mol. The summed E-state index contributed by atoms with van der Waals surface area (Å²) in [4.78, 5) is 8.98. The summed E-state index contributed by atoms with van der Waals surface area (Å²) in [5, 5.41) is 1.89. The Bertz CT molecular complexity index is 853. The summed E-state index contributed by atoms with van der Waals surface area (Å²) in [6, 6.07) is 0. The number of imidazole rings is 1. The Hall–Kier alpha value is -1.94. The van der Waals surface area contributed by atoms with E-state index >= 15 is 0 Å². The first-order chi connectivity index (χ1) is 14.8. The van der Waals surface area contributed by atoms with Crippen molar-refractivity contribution in [1.29, 1.82) is 0 Å². The maximum absolute atomic E-state index is 5.72. The Balaban J connectivity index is 1.59. The third-order valence-electron chi connectivity index (χ3n) is 5.56. The zero-order valence-electron chi connectivity index (χ0n) is 19.2. The molecule has 2 heterocycles. The molecule has 0 saturated carbocycles. The predicted octanol–water partition coefficient (Wildman–Crippen LogP) is 5.53. The van der Waals surface area contributed by atoms with Gasteiger partial charge in [0.15, 0.2) is 0 Å². The van der Waals surface area contributed by atoms with Gasteiger partial charge in [0, 0.05) is 25.0 Å². The predicted molar refractivity (Wildman–Crippen MR) is 129 cm³/mol. The Morgan fingerprint density at radius 2 is 1.60 bits per heavy atom. The van der Waals surface area contributed by atoms with Crippen molar-refractivity contribution in [3.05, 3.63) is 35.2 Å². The zero-order chi connectivity index (χ0) is 21.4. The van der Waals surface area contributed by atoms with E-state index < -0.39 is 0 Å². The van der Waals surface area contributed by atoms with Crippen LogP contribution >= 0.6 is 0 Å². The van der Waals surface area contributed by atoms with E-state index in [1.165, 1.54) is 70.6 Å². The van der Waals surface area contributed by atoms with Gasteiger partial charge in [-0.1, -0.05) is 77.0 Å². The van der Waals surface area contributed by atoms with Gasteiger partial charge in [0.05, 0.1) is 23.4 Å². The number of nitrogens with zero attached hydrogens (tertiary/aromatic N) is 3. The number of aryl methyl sites for hydroxylation is 1. The number of unbranched alkanes of at least 4 members (excludes halogenated alkanes) is 9. The number of fused-ring (bicyclic) bond motifs is 1. The molecule has 2 rings (SSSR count). The minimum atomic E-state index is 0.923. The van der Waals surface area contributed by atoms with E-state index in [4.69, 9.17) is 4.74 Å². The highest BCUT2D eigenvalue weighted by molar-refractivity contribution is 5.75. The van der Waals surface area contributed by atoms with Crippen molar-refractivity contribution in [2.75, 3.05) is 13.2 Å². The molecule has 0 radical (unpaired) electrons. The number of aromatic nitrogens is 3. The van der Waals surface area contributed by atoms with Crippen LogP contribution < -0.4 is 10.6 Å². The van der Waals surface area contributed by atoms with Gasteiger partial charge in [0.1, 0.15) is 5.52 Å². The van der Waals surface area contributed by atoms with Crippen LogP contribution in [0, 0.1) is 0 Å². The van der Waals surface area contributed by atoms with E-state index in [2.05, 4.69) is 28.0 Å². The molecular weight excluding hydrogens is 370 g/mol. The van der Waals surface area contributed by atoms with Crippen LogP contribution in [0.15, 0.2) is 24.7 Å². The van der Waals surface area contributed by atoms with Gasteiger partial charge in [0.25, 0.3) is 0 Å². The van der Waals surface area contributed by atoms with E-state index in [9.17, 15) is 0 Å². The van der Waals surface area contributed by atoms with Crippen molar-refractivity contribution in [2.24, 2.45) is 0 Å². The normalized spacial score (nSPS) is 12.5. The number of hydrogen-bond donors (Lipinski definition) is 0. The van der Waals surface area contributed by atoms with Crippen molar-refractivity contribution in [1.82, 2.24) is 14.5 Å². The number of ether oxygens (including phenoxy) is 1. The lowest BCUT2D eigenvalue weighted by Crippen LogP contribution is -2.28. The van der Waals surface area contributed by atoms with Gasteiger partial charge >= 0.3 is 0 Å². The van der Waals surface area contributed by atoms with E-state index in [1.807, 2.05) is 37.7 Å². The van der Waals surface area contributed by atoms with Gasteiger partial charge in [-0.3, -0.25) is 4.98 Å². The lowest BCUT2D eigenvalue weighted by Gasteiger charge is -2.06. The molecule has 2 aromatic heterocycles. The Kier molecular flexibility index (Phi) is 12.1. The van der Waals surface area contributed by atoms with E-state index in [-0.39, 0.29) is 0 Å². The van der Waals surface area contributed by atoms with Crippen molar-refractivity contribution in [3.8, 4) is 0 Å². The number of hydrogen-bond acceptors (Lipinski definition) is 3. The molecule has 166 valence electrons. The molecule has 0 aromatic carbocycles. The van der Waals surface area contributed by atoms with Gasteiger partial charge in [-0.05, 0) is 32.3 Å². The van der Waals surface area contributed by atoms with Crippen LogP contribution in [0.25, 0.3) is 23.7 Å². The highest BCUT2D eigenvalue weighted by Crippen LogP contribution is 2.11. The molecule has 0 aliphatic rings. The van der Waals surface area contributed by atoms with Crippen molar-refractivity contribution in [2.45, 2.75) is 91.0 Å². The van der Waals surface area contributed by atoms with E-state index in [0.717, 1.165) is 41.4 Å². The highest BCUT2D eigenvalue weighted by atomic mass is 16.5. The quantitative estimate of drug-likeness (QED) is 0.341. The molecule has 30 heavy (non-hydrogen) atoms. The summed E-state index contributed by atoms with van der Waals surface area (Å²) >= 11 is 0. The molecule has 0 N–H and O–H groups in total. The molecule has 0 spiro atoms. The van der Waals surface area contributed by atoms with E-state index in [1.54, 1.807) is 0 Å². The molecule has 4 nitrogen and oxygen atoms in total. The maximum Gasteiger partial charge on any atom is 0.107 e. The standard InChI is InChI=1S/C26H41N3O/c1-4-6-8-15-19-30-20-16-13-11-9-10-12-14-18-29-22-28-25-21-27-24(17-7-5-2)23(3)26(25)29/h5,7,17,21-22H,3-4,6,8-16,18-20H2,1-2H3/b7-5-,24-17+. The van der Waals surface area contributed by atoms with Gasteiger partial charge in [0.2, 0.25) is 0 Å². The maximum atomic E-state index is 5.72. The molecular formula is C26H41N3O. The first-order valence-electron chi connectivity index (χ1n) is 12.0. The summed E-state index contributed by atoms with van der Waals surface area (Å²) < 4.78 is 7.96. The second-order valence-corrected chi connectivity index (χ2v) is 8.13. The molecule has 0 fully saturated rings. The lowest BCUT2D eigenvalue weighted by atomic mass is 10.1. The average Bonchev–Trinajstić information content (AvgIpc) is 3.17. The highest BCUT2D eigenvalue weighted by Gasteiger charge is 2.04. The fraction of sp³-hybridized carbons (Fsp3) is 0.615. The molecule has 0 aliphatic carbocycles. The van der Waals surface area contributed by atoms with Crippen LogP contribution in [-0.2, 0) is 11.3 Å². The molecule has 0 amide bonds. The van der Waals surface area contributed by atoms with Crippen LogP contribution in [0.1, 0.15) is 84.5 Å². The minimum Gasteiger partial charge on any atom is -0.381 e. The van der Waals surface area contributed by atoms with Crippen LogP contribution in [0.5, 0.6) is 0 Å². The Morgan fingerprint density at radius 1 is 0.933 bits per heavy atom. The number of pyridine rings is 1. The summed E-state index contributed by atoms with van der Waals surface area (Å²) in [7, 11) is 0. The fourth-order valence-corrected chi connectivity index (χ4v) is 3.75. The van der Waals surface area contributed by atoms with Crippen LogP contribution in [0.3, 0.4) is 0 Å². The summed E-state index contributed by atoms with van der Waals surface area (Å²) in [5.41, 5.74) is 2.06. The summed E-state index contributed by atoms with van der Waals surface area (Å²) in [5.74, 6) is 0. The third-order valence-corrected chi connectivity index (χ3v) is 5.56. The first kappa shape index (κ1) is 24.3. The van der Waals surface area contributed by atoms with Gasteiger partial charge < -0.3 is 9.30 Å². The largest absolute Gasteiger partial charge is 0.381 e. The zero-order valence-corrected chi connectivity index (χ0v) is 19.2. The number of rotatable bonds is 16. The SMILES string of the molecule is C=c1/c(=C\C=C/C)ncc2ncn(CCCCCCCCCOCCCCCC)c12. The smallest absolute Gasteiger partial charge is 0.107 e. The van der Waals surface area contributed by atoms with Gasteiger partial charge in [-0.25, -0.2) is 4.98 Å².